The second kappa shape index (κ2) is 7.50. The first-order valence-corrected chi connectivity index (χ1v) is 8.83. The fourth-order valence-electron chi connectivity index (χ4n) is 1.73. The second-order valence-corrected chi connectivity index (χ2v) is 8.00. The van der Waals surface area contributed by atoms with Crippen LogP contribution in [0.3, 0.4) is 0 Å². The monoisotopic (exact) mass is 376 g/mol. The summed E-state index contributed by atoms with van der Waals surface area (Å²) in [4.78, 5) is 12.2. The maximum absolute atomic E-state index is 12.2. The molecule has 22 heavy (non-hydrogen) atoms. The lowest BCUT2D eigenvalue weighted by molar-refractivity contribution is -0.120. The normalized spacial score (nSPS) is 13.6. The van der Waals surface area contributed by atoms with Crippen LogP contribution < -0.4 is 11.1 Å². The SMILES string of the molecule is C[C@@H](Sc1nnc(N)s1)C(=O)N[C@H](C)c1ccc(Cl)cc1Cl. The Morgan fingerprint density at radius 3 is 2.68 bits per heavy atom. The fraction of sp³-hybridized carbons (Fsp3) is 0.308. The van der Waals surface area contributed by atoms with Crippen LogP contribution in [0.25, 0.3) is 0 Å². The number of halogens is 2. The van der Waals surface area contributed by atoms with Gasteiger partial charge < -0.3 is 11.1 Å². The predicted octanol–water partition coefficient (Wildman–Crippen LogP) is 3.79. The number of carbonyl (C=O) groups excluding carboxylic acids is 1. The molecule has 5 nitrogen and oxygen atoms in total. The van der Waals surface area contributed by atoms with E-state index in [0.717, 1.165) is 5.56 Å². The molecule has 1 heterocycles. The van der Waals surface area contributed by atoms with Crippen molar-refractivity contribution in [3.05, 3.63) is 33.8 Å². The highest BCUT2D eigenvalue weighted by atomic mass is 35.5. The molecule has 1 aromatic heterocycles. The zero-order valence-corrected chi connectivity index (χ0v) is 15.0. The minimum Gasteiger partial charge on any atom is -0.374 e. The van der Waals surface area contributed by atoms with Crippen LogP contribution in [0.5, 0.6) is 0 Å². The summed E-state index contributed by atoms with van der Waals surface area (Å²) in [7, 11) is 0. The Morgan fingerprint density at radius 1 is 1.36 bits per heavy atom. The van der Waals surface area contributed by atoms with E-state index in [2.05, 4.69) is 15.5 Å². The summed E-state index contributed by atoms with van der Waals surface area (Å²) < 4.78 is 0.664. The lowest BCUT2D eigenvalue weighted by atomic mass is 10.1. The van der Waals surface area contributed by atoms with Gasteiger partial charge in [-0.1, -0.05) is 52.4 Å². The smallest absolute Gasteiger partial charge is 0.233 e. The van der Waals surface area contributed by atoms with Crippen LogP contribution in [-0.2, 0) is 4.79 Å². The lowest BCUT2D eigenvalue weighted by Gasteiger charge is -2.18. The molecular weight excluding hydrogens is 363 g/mol. The molecule has 0 spiro atoms. The molecule has 2 aromatic rings. The van der Waals surface area contributed by atoms with E-state index in [9.17, 15) is 4.79 Å². The summed E-state index contributed by atoms with van der Waals surface area (Å²) in [5.41, 5.74) is 6.34. The zero-order chi connectivity index (χ0) is 16.3. The summed E-state index contributed by atoms with van der Waals surface area (Å²) >= 11 is 14.6. The minimum absolute atomic E-state index is 0.114. The third kappa shape index (κ3) is 4.49. The van der Waals surface area contributed by atoms with Crippen molar-refractivity contribution >= 4 is 57.3 Å². The van der Waals surface area contributed by atoms with Gasteiger partial charge in [0.15, 0.2) is 4.34 Å². The molecule has 2 rings (SSSR count). The van der Waals surface area contributed by atoms with Gasteiger partial charge in [0.1, 0.15) is 0 Å². The highest BCUT2D eigenvalue weighted by Crippen LogP contribution is 2.29. The third-order valence-corrected chi connectivity index (χ3v) is 5.36. The van der Waals surface area contributed by atoms with Gasteiger partial charge in [0.25, 0.3) is 0 Å². The van der Waals surface area contributed by atoms with E-state index in [1.165, 1.54) is 23.1 Å². The number of nitrogens with one attached hydrogen (secondary N) is 1. The number of nitrogen functional groups attached to an aromatic ring is 1. The van der Waals surface area contributed by atoms with E-state index in [1.54, 1.807) is 25.1 Å². The van der Waals surface area contributed by atoms with Crippen LogP contribution in [0.2, 0.25) is 10.0 Å². The van der Waals surface area contributed by atoms with Crippen LogP contribution >= 0.6 is 46.3 Å². The quantitative estimate of drug-likeness (QED) is 0.775. The number of hydrogen-bond acceptors (Lipinski definition) is 6. The topological polar surface area (TPSA) is 80.9 Å². The van der Waals surface area contributed by atoms with Crippen molar-refractivity contribution in [2.24, 2.45) is 0 Å². The van der Waals surface area contributed by atoms with Gasteiger partial charge in [-0.15, -0.1) is 10.2 Å². The lowest BCUT2D eigenvalue weighted by Crippen LogP contribution is -2.33. The second-order valence-electron chi connectivity index (χ2n) is 4.56. The molecule has 0 aliphatic heterocycles. The van der Waals surface area contributed by atoms with E-state index in [1.807, 2.05) is 6.92 Å². The zero-order valence-electron chi connectivity index (χ0n) is 11.8. The number of aromatic nitrogens is 2. The average Bonchev–Trinajstić information content (AvgIpc) is 2.83. The Kier molecular flexibility index (Phi) is 5.91. The molecule has 0 saturated carbocycles. The van der Waals surface area contributed by atoms with E-state index in [-0.39, 0.29) is 17.2 Å². The highest BCUT2D eigenvalue weighted by molar-refractivity contribution is 8.02. The molecule has 0 fully saturated rings. The standard InChI is InChI=1S/C13H14Cl2N4OS2/c1-6(9-4-3-8(14)5-10(9)15)17-11(20)7(2)21-13-19-18-12(16)22-13/h3-7H,1-2H3,(H2,16,18)(H,17,20)/t6-,7-/m1/s1. The first-order chi connectivity index (χ1) is 10.4. The molecule has 0 aliphatic rings. The third-order valence-electron chi connectivity index (χ3n) is 2.86. The minimum atomic E-state index is -0.319. The number of nitrogens with zero attached hydrogens (tertiary/aromatic N) is 2. The Morgan fingerprint density at radius 2 is 2.09 bits per heavy atom. The maximum Gasteiger partial charge on any atom is 0.233 e. The first kappa shape index (κ1) is 17.3. The van der Waals surface area contributed by atoms with Gasteiger partial charge in [-0.3, -0.25) is 4.79 Å². The summed E-state index contributed by atoms with van der Waals surface area (Å²) in [5.74, 6) is -0.114. The van der Waals surface area contributed by atoms with E-state index in [4.69, 9.17) is 28.9 Å². The molecule has 9 heteroatoms. The van der Waals surface area contributed by atoms with Gasteiger partial charge in [-0.2, -0.15) is 0 Å². The number of thioether (sulfide) groups is 1. The predicted molar refractivity (Wildman–Crippen MR) is 92.7 cm³/mol. The summed E-state index contributed by atoms with van der Waals surface area (Å²) in [6.07, 6.45) is 0. The van der Waals surface area contributed by atoms with Crippen LogP contribution in [0, 0.1) is 0 Å². The number of nitrogens with two attached hydrogens (primary N) is 1. The van der Waals surface area contributed by atoms with Crippen molar-refractivity contribution in [2.75, 3.05) is 5.73 Å². The van der Waals surface area contributed by atoms with Gasteiger partial charge in [0.2, 0.25) is 11.0 Å². The molecule has 2 atom stereocenters. The van der Waals surface area contributed by atoms with Crippen molar-refractivity contribution < 1.29 is 4.79 Å². The molecule has 1 amide bonds. The fourth-order valence-corrected chi connectivity index (χ4v) is 4.10. The molecular formula is C13H14Cl2N4OS2. The Balaban J connectivity index is 1.98. The molecule has 0 aliphatic carbocycles. The van der Waals surface area contributed by atoms with Crippen molar-refractivity contribution in [3.8, 4) is 0 Å². The van der Waals surface area contributed by atoms with Gasteiger partial charge in [-0.05, 0) is 31.5 Å². The summed E-state index contributed by atoms with van der Waals surface area (Å²) in [5, 5.41) is 11.7. The van der Waals surface area contributed by atoms with Gasteiger partial charge in [0, 0.05) is 10.0 Å². The van der Waals surface area contributed by atoms with E-state index >= 15 is 0 Å². The summed E-state index contributed by atoms with van der Waals surface area (Å²) in [6, 6.07) is 4.98. The molecule has 118 valence electrons. The number of hydrogen-bond donors (Lipinski definition) is 2. The van der Waals surface area contributed by atoms with Crippen molar-refractivity contribution in [1.82, 2.24) is 15.5 Å². The van der Waals surface area contributed by atoms with Crippen LogP contribution in [0.1, 0.15) is 25.5 Å². The van der Waals surface area contributed by atoms with E-state index in [0.29, 0.717) is 19.5 Å². The largest absolute Gasteiger partial charge is 0.374 e. The number of amides is 1. The number of rotatable bonds is 5. The van der Waals surface area contributed by atoms with Gasteiger partial charge in [-0.25, -0.2) is 0 Å². The number of anilines is 1. The first-order valence-electron chi connectivity index (χ1n) is 6.37. The highest BCUT2D eigenvalue weighted by Gasteiger charge is 2.20. The molecule has 0 unspecified atom stereocenters. The summed E-state index contributed by atoms with van der Waals surface area (Å²) in [6.45, 7) is 3.67. The molecule has 0 saturated heterocycles. The maximum atomic E-state index is 12.2. The van der Waals surface area contributed by atoms with Crippen molar-refractivity contribution in [2.45, 2.75) is 29.5 Å². The Hall–Kier alpha value is -1.02. The number of carbonyl (C=O) groups is 1. The number of benzene rings is 1. The van der Waals surface area contributed by atoms with Gasteiger partial charge >= 0.3 is 0 Å². The molecule has 0 radical (unpaired) electrons. The van der Waals surface area contributed by atoms with Crippen LogP contribution in [-0.4, -0.2) is 21.4 Å². The van der Waals surface area contributed by atoms with Crippen LogP contribution in [0.15, 0.2) is 22.5 Å². The van der Waals surface area contributed by atoms with Gasteiger partial charge in [0.05, 0.1) is 11.3 Å². The Labute approximate surface area is 146 Å². The van der Waals surface area contributed by atoms with E-state index < -0.39 is 0 Å². The Bertz CT molecular complexity index is 680. The van der Waals surface area contributed by atoms with Crippen molar-refractivity contribution in [3.63, 3.8) is 0 Å². The molecule has 1 aromatic carbocycles. The molecule has 3 N–H and O–H groups in total. The average molecular weight is 377 g/mol. The van der Waals surface area contributed by atoms with Crippen LogP contribution in [0.4, 0.5) is 5.13 Å². The van der Waals surface area contributed by atoms with Crippen molar-refractivity contribution in [1.29, 1.82) is 0 Å². The molecule has 0 bridgehead atoms.